The molecule has 0 unspecified atom stereocenters. The van der Waals surface area contributed by atoms with Crippen molar-refractivity contribution in [3.8, 4) is 11.5 Å². The monoisotopic (exact) mass is 335 g/mol. The van der Waals surface area contributed by atoms with Crippen molar-refractivity contribution in [2.24, 2.45) is 0 Å². The van der Waals surface area contributed by atoms with Gasteiger partial charge in [-0.1, -0.05) is 5.16 Å². The van der Waals surface area contributed by atoms with Crippen LogP contribution in [0.15, 0.2) is 53.6 Å². The molecule has 1 saturated heterocycles. The van der Waals surface area contributed by atoms with Crippen LogP contribution in [-0.2, 0) is 0 Å². The third-order valence-corrected chi connectivity index (χ3v) is 4.42. The summed E-state index contributed by atoms with van der Waals surface area (Å²) in [5.74, 6) is 1.44. The quantitative estimate of drug-likeness (QED) is 0.731. The molecule has 3 aromatic rings. The topological polar surface area (TPSA) is 85.0 Å². The first-order valence-corrected chi connectivity index (χ1v) is 8.24. The van der Waals surface area contributed by atoms with Crippen LogP contribution in [0.4, 0.5) is 0 Å². The maximum Gasteiger partial charge on any atom is 0.259 e. The number of amides is 1. The standard InChI is InChI=1S/C18H17N5O2/c24-18(14-3-8-19-9-4-14)23-10-5-13(6-11-23)16-21-17(25-22-16)15-2-1-7-20-12-15/h1-4,7-9,12-13H,5-6,10-11H2. The summed E-state index contributed by atoms with van der Waals surface area (Å²) in [6.45, 7) is 1.37. The van der Waals surface area contributed by atoms with Crippen LogP contribution in [-0.4, -0.2) is 44.0 Å². The van der Waals surface area contributed by atoms with Crippen molar-refractivity contribution in [1.82, 2.24) is 25.0 Å². The molecule has 7 heteroatoms. The highest BCUT2D eigenvalue weighted by atomic mass is 16.5. The van der Waals surface area contributed by atoms with Crippen molar-refractivity contribution in [1.29, 1.82) is 0 Å². The summed E-state index contributed by atoms with van der Waals surface area (Å²) in [7, 11) is 0. The second-order valence-electron chi connectivity index (χ2n) is 6.00. The Balaban J connectivity index is 1.41. The molecule has 7 nitrogen and oxygen atoms in total. The van der Waals surface area contributed by atoms with E-state index in [1.165, 1.54) is 0 Å². The van der Waals surface area contributed by atoms with Gasteiger partial charge in [-0.3, -0.25) is 14.8 Å². The summed E-state index contributed by atoms with van der Waals surface area (Å²) in [5, 5.41) is 4.12. The zero-order valence-corrected chi connectivity index (χ0v) is 13.6. The first kappa shape index (κ1) is 15.4. The highest BCUT2D eigenvalue weighted by Gasteiger charge is 2.27. The first-order valence-electron chi connectivity index (χ1n) is 8.24. The van der Waals surface area contributed by atoms with E-state index in [1.54, 1.807) is 36.9 Å². The number of carbonyl (C=O) groups excluding carboxylic acids is 1. The number of hydrogen-bond donors (Lipinski definition) is 0. The molecule has 1 aliphatic rings. The fourth-order valence-corrected chi connectivity index (χ4v) is 3.03. The van der Waals surface area contributed by atoms with E-state index in [9.17, 15) is 4.79 Å². The van der Waals surface area contributed by atoms with Crippen molar-refractivity contribution in [2.45, 2.75) is 18.8 Å². The van der Waals surface area contributed by atoms with Gasteiger partial charge < -0.3 is 9.42 Å². The average Bonchev–Trinajstić information content (AvgIpc) is 3.19. The van der Waals surface area contributed by atoms with Gasteiger partial charge in [-0.15, -0.1) is 0 Å². The van der Waals surface area contributed by atoms with Gasteiger partial charge in [0.2, 0.25) is 0 Å². The maximum atomic E-state index is 12.5. The number of piperidine rings is 1. The lowest BCUT2D eigenvalue weighted by Gasteiger charge is -2.30. The van der Waals surface area contributed by atoms with E-state index in [-0.39, 0.29) is 11.8 Å². The summed E-state index contributed by atoms with van der Waals surface area (Å²) >= 11 is 0. The molecule has 25 heavy (non-hydrogen) atoms. The largest absolute Gasteiger partial charge is 0.339 e. The van der Waals surface area contributed by atoms with E-state index in [0.29, 0.717) is 30.4 Å². The summed E-state index contributed by atoms with van der Waals surface area (Å²) in [6, 6.07) is 7.21. The Labute approximate surface area is 144 Å². The van der Waals surface area contributed by atoms with Gasteiger partial charge in [0.25, 0.3) is 11.8 Å². The number of pyridine rings is 2. The summed E-state index contributed by atoms with van der Waals surface area (Å²) < 4.78 is 5.36. The number of rotatable bonds is 3. The maximum absolute atomic E-state index is 12.5. The Hall–Kier alpha value is -3.09. The van der Waals surface area contributed by atoms with Crippen LogP contribution >= 0.6 is 0 Å². The Bertz CT molecular complexity index is 842. The second-order valence-corrected chi connectivity index (χ2v) is 6.00. The first-order chi connectivity index (χ1) is 12.3. The lowest BCUT2D eigenvalue weighted by atomic mass is 9.95. The van der Waals surface area contributed by atoms with E-state index >= 15 is 0 Å². The van der Waals surface area contributed by atoms with Gasteiger partial charge >= 0.3 is 0 Å². The van der Waals surface area contributed by atoms with Gasteiger partial charge in [0, 0.05) is 49.4 Å². The van der Waals surface area contributed by atoms with Gasteiger partial charge in [-0.25, -0.2) is 0 Å². The normalized spacial score (nSPS) is 15.3. The molecule has 0 spiro atoms. The van der Waals surface area contributed by atoms with Crippen LogP contribution in [0.1, 0.15) is 34.9 Å². The molecule has 0 atom stereocenters. The Morgan fingerprint density at radius 3 is 2.60 bits per heavy atom. The third-order valence-electron chi connectivity index (χ3n) is 4.42. The van der Waals surface area contributed by atoms with Gasteiger partial charge in [-0.05, 0) is 37.1 Å². The molecule has 4 rings (SSSR count). The number of carbonyl (C=O) groups is 1. The molecule has 0 aromatic carbocycles. The van der Waals surface area contributed by atoms with E-state index in [0.717, 1.165) is 18.4 Å². The van der Waals surface area contributed by atoms with Crippen LogP contribution in [0.2, 0.25) is 0 Å². The second kappa shape index (κ2) is 6.80. The zero-order valence-electron chi connectivity index (χ0n) is 13.6. The molecule has 1 fully saturated rings. The molecule has 0 bridgehead atoms. The van der Waals surface area contributed by atoms with Crippen LogP contribution in [0.5, 0.6) is 0 Å². The molecule has 3 aromatic heterocycles. The average molecular weight is 335 g/mol. The third kappa shape index (κ3) is 3.26. The van der Waals surface area contributed by atoms with Crippen molar-refractivity contribution in [3.05, 3.63) is 60.4 Å². The molecule has 1 amide bonds. The predicted molar refractivity (Wildman–Crippen MR) is 89.6 cm³/mol. The van der Waals surface area contributed by atoms with Gasteiger partial charge in [0.1, 0.15) is 0 Å². The van der Waals surface area contributed by atoms with E-state index in [2.05, 4.69) is 20.1 Å². The summed E-state index contributed by atoms with van der Waals surface area (Å²) in [5.41, 5.74) is 1.48. The fraction of sp³-hybridized carbons (Fsp3) is 0.278. The minimum Gasteiger partial charge on any atom is -0.339 e. The molecule has 0 aliphatic carbocycles. The number of hydrogen-bond acceptors (Lipinski definition) is 6. The number of nitrogens with zero attached hydrogens (tertiary/aromatic N) is 5. The van der Waals surface area contributed by atoms with E-state index < -0.39 is 0 Å². The lowest BCUT2D eigenvalue weighted by Crippen LogP contribution is -2.38. The van der Waals surface area contributed by atoms with E-state index in [4.69, 9.17) is 4.52 Å². The smallest absolute Gasteiger partial charge is 0.259 e. The lowest BCUT2D eigenvalue weighted by molar-refractivity contribution is 0.0710. The van der Waals surface area contributed by atoms with Crippen LogP contribution in [0.25, 0.3) is 11.5 Å². The van der Waals surface area contributed by atoms with Crippen molar-refractivity contribution in [3.63, 3.8) is 0 Å². The molecule has 0 saturated carbocycles. The van der Waals surface area contributed by atoms with Crippen molar-refractivity contribution < 1.29 is 9.32 Å². The van der Waals surface area contributed by atoms with Crippen LogP contribution in [0.3, 0.4) is 0 Å². The van der Waals surface area contributed by atoms with Crippen molar-refractivity contribution in [2.75, 3.05) is 13.1 Å². The molecule has 4 heterocycles. The molecule has 0 radical (unpaired) electrons. The Kier molecular flexibility index (Phi) is 4.20. The van der Waals surface area contributed by atoms with Gasteiger partial charge in [0.05, 0.1) is 5.56 Å². The molecule has 126 valence electrons. The molecular formula is C18H17N5O2. The SMILES string of the molecule is O=C(c1ccncc1)N1CCC(c2noc(-c3cccnc3)n2)CC1. The number of likely N-dealkylation sites (tertiary alicyclic amines) is 1. The highest BCUT2D eigenvalue weighted by Crippen LogP contribution is 2.28. The summed E-state index contributed by atoms with van der Waals surface area (Å²) in [6.07, 6.45) is 8.33. The molecule has 0 N–H and O–H groups in total. The van der Waals surface area contributed by atoms with Crippen molar-refractivity contribution >= 4 is 5.91 Å². The van der Waals surface area contributed by atoms with Gasteiger partial charge in [-0.2, -0.15) is 4.98 Å². The molecule has 1 aliphatic heterocycles. The number of aromatic nitrogens is 4. The fourth-order valence-electron chi connectivity index (χ4n) is 3.03. The minimum absolute atomic E-state index is 0.0463. The Morgan fingerprint density at radius 2 is 1.88 bits per heavy atom. The van der Waals surface area contributed by atoms with E-state index in [1.807, 2.05) is 17.0 Å². The predicted octanol–water partition coefficient (Wildman–Crippen LogP) is 2.55. The van der Waals surface area contributed by atoms with Gasteiger partial charge in [0.15, 0.2) is 5.82 Å². The zero-order chi connectivity index (χ0) is 17.1. The minimum atomic E-state index is 0.0463. The van der Waals surface area contributed by atoms with Crippen LogP contribution in [0, 0.1) is 0 Å². The highest BCUT2D eigenvalue weighted by molar-refractivity contribution is 5.94. The molecular weight excluding hydrogens is 318 g/mol. The Morgan fingerprint density at radius 1 is 1.08 bits per heavy atom. The van der Waals surface area contributed by atoms with Crippen LogP contribution < -0.4 is 0 Å². The summed E-state index contributed by atoms with van der Waals surface area (Å²) in [4.78, 5) is 26.9.